The van der Waals surface area contributed by atoms with Gasteiger partial charge in [-0.15, -0.1) is 0 Å². The monoisotopic (exact) mass is 493 g/mol. The van der Waals surface area contributed by atoms with Crippen molar-refractivity contribution >= 4 is 23.4 Å². The van der Waals surface area contributed by atoms with E-state index in [1.54, 1.807) is 48.5 Å². The van der Waals surface area contributed by atoms with Crippen molar-refractivity contribution in [2.24, 2.45) is 5.73 Å². The summed E-state index contributed by atoms with van der Waals surface area (Å²) < 4.78 is 0.910. The van der Waals surface area contributed by atoms with E-state index in [0.29, 0.717) is 47.8 Å². The molecule has 3 aromatic rings. The summed E-state index contributed by atoms with van der Waals surface area (Å²) in [6.45, 7) is 0.881. The topological polar surface area (TPSA) is 120 Å². The van der Waals surface area contributed by atoms with Crippen molar-refractivity contribution < 1.29 is 24.6 Å². The number of carbonyl (C=O) groups excluding carboxylic acids is 2. The first-order valence-corrected chi connectivity index (χ1v) is 11.9. The van der Waals surface area contributed by atoms with Crippen molar-refractivity contribution in [1.82, 2.24) is 10.2 Å². The molecule has 1 fully saturated rings. The van der Waals surface area contributed by atoms with Crippen LogP contribution in [0.5, 0.6) is 0 Å². The number of aliphatic hydroxyl groups is 1. The number of amides is 2. The van der Waals surface area contributed by atoms with Gasteiger partial charge in [-0.2, -0.15) is 0 Å². The fourth-order valence-corrected chi connectivity index (χ4v) is 5.38. The van der Waals surface area contributed by atoms with E-state index in [-0.39, 0.29) is 18.0 Å². The van der Waals surface area contributed by atoms with Gasteiger partial charge in [0.25, 0.3) is 11.6 Å². The summed E-state index contributed by atoms with van der Waals surface area (Å²) in [5.74, 6) is -0.892. The molecule has 2 atom stereocenters. The lowest BCUT2D eigenvalue weighted by Crippen LogP contribution is -2.53. The largest absolute Gasteiger partial charge is 0.371 e. The van der Waals surface area contributed by atoms with E-state index in [2.05, 4.69) is 5.32 Å². The van der Waals surface area contributed by atoms with E-state index in [0.717, 1.165) is 15.9 Å². The first-order valence-electron chi connectivity index (χ1n) is 11.5. The van der Waals surface area contributed by atoms with Gasteiger partial charge in [-0.25, -0.2) is 0 Å². The van der Waals surface area contributed by atoms with Crippen molar-refractivity contribution in [3.63, 3.8) is 0 Å². The number of carbonyl (C=O) groups is 2. The van der Waals surface area contributed by atoms with Gasteiger partial charge >= 0.3 is 0 Å². The molecule has 0 bridgehead atoms. The number of nitrogens with zero attached hydrogens (tertiary/aromatic N) is 2. The van der Waals surface area contributed by atoms with E-state index >= 15 is 0 Å². The zero-order valence-corrected chi connectivity index (χ0v) is 19.7. The second-order valence-electron chi connectivity index (χ2n) is 8.86. The zero-order chi connectivity index (χ0) is 24.7. The molecule has 9 heteroatoms. The molecule has 1 aliphatic heterocycles. The van der Waals surface area contributed by atoms with Crippen LogP contribution in [0.25, 0.3) is 11.3 Å². The zero-order valence-electron chi connectivity index (χ0n) is 18.9. The number of likely N-dealkylation sites (tertiary alicyclic amines) is 1. The molecule has 0 saturated carbocycles. The number of benzene rings is 2. The Morgan fingerprint density at radius 3 is 2.71 bits per heavy atom. The van der Waals surface area contributed by atoms with Crippen molar-refractivity contribution in [3.8, 4) is 11.3 Å². The third-order valence-corrected chi connectivity index (χ3v) is 7.14. The Morgan fingerprint density at radius 2 is 1.91 bits per heavy atom. The number of hydrogen-bond donors (Lipinski definition) is 4. The highest BCUT2D eigenvalue weighted by molar-refractivity contribution is 6.30. The summed E-state index contributed by atoms with van der Waals surface area (Å²) in [5, 5.41) is 25.8. The van der Waals surface area contributed by atoms with Crippen LogP contribution in [-0.2, 0) is 28.3 Å². The molecule has 2 amide bonds. The Kier molecular flexibility index (Phi) is 5.96. The molecule has 1 unspecified atom stereocenters. The average Bonchev–Trinajstić information content (AvgIpc) is 3.45. The molecule has 0 radical (unpaired) electrons. The number of fused-ring (bicyclic) bond motifs is 3. The highest BCUT2D eigenvalue weighted by Gasteiger charge is 2.55. The Balaban J connectivity index is 1.43. The summed E-state index contributed by atoms with van der Waals surface area (Å²) in [6, 6.07) is 14.7. The molecule has 2 heterocycles. The predicted molar refractivity (Wildman–Crippen MR) is 128 cm³/mol. The van der Waals surface area contributed by atoms with E-state index in [9.17, 15) is 19.9 Å². The van der Waals surface area contributed by atoms with Crippen LogP contribution in [0, 0.1) is 0 Å². The normalized spacial score (nSPS) is 20.4. The first kappa shape index (κ1) is 23.3. The second-order valence-corrected chi connectivity index (χ2v) is 9.30. The molecule has 1 aromatic heterocycles. The quantitative estimate of drug-likeness (QED) is 0.319. The molecule has 180 valence electrons. The predicted octanol–water partition coefficient (Wildman–Crippen LogP) is 1.85. The van der Waals surface area contributed by atoms with Crippen molar-refractivity contribution in [3.05, 3.63) is 88.1 Å². The fourth-order valence-electron chi connectivity index (χ4n) is 5.19. The number of nitrogens with one attached hydrogen (secondary N) is 1. The summed E-state index contributed by atoms with van der Waals surface area (Å²) in [5.41, 5.74) is 7.07. The Labute approximate surface area is 207 Å². The van der Waals surface area contributed by atoms with Gasteiger partial charge in [-0.05, 0) is 48.2 Å². The summed E-state index contributed by atoms with van der Waals surface area (Å²) in [7, 11) is 0. The molecule has 35 heavy (non-hydrogen) atoms. The van der Waals surface area contributed by atoms with E-state index in [4.69, 9.17) is 17.3 Å². The highest BCUT2D eigenvalue weighted by atomic mass is 35.5. The molecule has 2 aliphatic rings. The van der Waals surface area contributed by atoms with Crippen LogP contribution in [-0.4, -0.2) is 39.6 Å². The number of rotatable bonds is 5. The average molecular weight is 494 g/mol. The van der Waals surface area contributed by atoms with Gasteiger partial charge in [0, 0.05) is 41.0 Å². The lowest BCUT2D eigenvalue weighted by Gasteiger charge is -2.32. The Bertz CT molecular complexity index is 1330. The third-order valence-electron chi connectivity index (χ3n) is 6.90. The van der Waals surface area contributed by atoms with Crippen LogP contribution in [0.3, 0.4) is 0 Å². The van der Waals surface area contributed by atoms with Crippen molar-refractivity contribution in [2.75, 3.05) is 6.54 Å². The molecule has 5 N–H and O–H groups in total. The molecule has 8 nitrogen and oxygen atoms in total. The minimum absolute atomic E-state index is 0.227. The van der Waals surface area contributed by atoms with Crippen molar-refractivity contribution in [1.29, 1.82) is 0 Å². The van der Waals surface area contributed by atoms with Gasteiger partial charge < -0.3 is 21.1 Å². The van der Waals surface area contributed by atoms with Crippen LogP contribution < -0.4 is 15.8 Å². The van der Waals surface area contributed by atoms with Crippen LogP contribution in [0.1, 0.15) is 35.1 Å². The van der Waals surface area contributed by atoms with Crippen LogP contribution in [0.15, 0.2) is 60.8 Å². The summed E-state index contributed by atoms with van der Waals surface area (Å²) >= 11 is 6.11. The number of halogens is 1. The Morgan fingerprint density at radius 1 is 1.14 bits per heavy atom. The van der Waals surface area contributed by atoms with Gasteiger partial charge in [0.1, 0.15) is 6.04 Å². The molecule has 5 rings (SSSR count). The summed E-state index contributed by atoms with van der Waals surface area (Å²) in [4.78, 5) is 28.5. The second kappa shape index (κ2) is 8.96. The molecular formula is C26H26ClN4O4+. The lowest BCUT2D eigenvalue weighted by atomic mass is 9.90. The molecule has 0 spiro atoms. The molecule has 1 saturated heterocycles. The first-order chi connectivity index (χ1) is 16.9. The third kappa shape index (κ3) is 3.74. The highest BCUT2D eigenvalue weighted by Crippen LogP contribution is 2.47. The van der Waals surface area contributed by atoms with Crippen molar-refractivity contribution in [2.45, 2.75) is 37.6 Å². The van der Waals surface area contributed by atoms with Gasteiger partial charge in [-0.1, -0.05) is 35.9 Å². The maximum atomic E-state index is 13.9. The summed E-state index contributed by atoms with van der Waals surface area (Å²) in [6.07, 6.45) is 2.56. The fraction of sp³-hybridized carbons (Fsp3) is 0.269. The standard InChI is InChI=1S/C26H25ClN4O4/c27-18-10-9-16(14-28)17(13-18)15-29-24(32)22-8-4-11-30(22)25(33)26(34)20-6-2-1-5-19(20)23-21(26)7-3-12-31(23)35/h1-3,5-7,9-10,12-13,22,34H,4,8,11,14-15,28H2,(H-,29,32,35)/p+1/t22-,26?/m0/s1. The van der Waals surface area contributed by atoms with Gasteiger partial charge in [-0.3, -0.25) is 14.8 Å². The van der Waals surface area contributed by atoms with Gasteiger partial charge in [0.2, 0.25) is 17.7 Å². The number of aromatic nitrogens is 1. The van der Waals surface area contributed by atoms with E-state index in [1.807, 2.05) is 6.07 Å². The van der Waals surface area contributed by atoms with Crippen LogP contribution in [0.4, 0.5) is 0 Å². The van der Waals surface area contributed by atoms with E-state index < -0.39 is 17.6 Å². The number of hydrogen-bond acceptors (Lipinski definition) is 5. The smallest absolute Gasteiger partial charge is 0.271 e. The van der Waals surface area contributed by atoms with Crippen LogP contribution >= 0.6 is 11.6 Å². The lowest BCUT2D eigenvalue weighted by molar-refractivity contribution is -0.896. The SMILES string of the molecule is NCc1ccc(Cl)cc1CNC(=O)[C@@H]1CCCN1C(=O)C1(O)c2ccccc2-c2c1ccc[n+]2O. The number of nitrogens with two attached hydrogens (primary N) is 1. The van der Waals surface area contributed by atoms with Gasteiger partial charge in [0.05, 0.1) is 11.1 Å². The molecule has 1 aliphatic carbocycles. The van der Waals surface area contributed by atoms with E-state index in [1.165, 1.54) is 11.1 Å². The minimum atomic E-state index is -2.01. The minimum Gasteiger partial charge on any atom is -0.371 e. The molecular weight excluding hydrogens is 468 g/mol. The maximum absolute atomic E-state index is 13.9. The maximum Gasteiger partial charge on any atom is 0.271 e. The number of pyridine rings is 1. The van der Waals surface area contributed by atoms with Crippen LogP contribution in [0.2, 0.25) is 5.02 Å². The van der Waals surface area contributed by atoms with Gasteiger partial charge in [0.15, 0.2) is 0 Å². The molecule has 2 aromatic carbocycles. The Hall–Kier alpha value is -3.46.